The van der Waals surface area contributed by atoms with Gasteiger partial charge in [0.05, 0.1) is 0 Å². The van der Waals surface area contributed by atoms with Crippen LogP contribution in [0.2, 0.25) is 5.15 Å². The summed E-state index contributed by atoms with van der Waals surface area (Å²) in [6.07, 6.45) is 0. The number of hydrogen-bond acceptors (Lipinski definition) is 4. The maximum absolute atomic E-state index is 5.97. The van der Waals surface area contributed by atoms with Crippen molar-refractivity contribution in [3.63, 3.8) is 0 Å². The Balaban J connectivity index is 2.38. The summed E-state index contributed by atoms with van der Waals surface area (Å²) in [4.78, 5) is 8.60. The first-order valence-corrected chi connectivity index (χ1v) is 5.57. The van der Waals surface area contributed by atoms with Crippen LogP contribution in [-0.4, -0.2) is 29.1 Å². The quantitative estimate of drug-likeness (QED) is 0.670. The van der Waals surface area contributed by atoms with Gasteiger partial charge in [0.2, 0.25) is 0 Å². The molecule has 0 amide bonds. The lowest BCUT2D eigenvalue weighted by Crippen LogP contribution is -2.20. The zero-order valence-electron chi connectivity index (χ0n) is 9.68. The number of hydrogen-bond donors (Lipinski definition) is 1. The fourth-order valence-electron chi connectivity index (χ4n) is 1.42. The summed E-state index contributed by atoms with van der Waals surface area (Å²) in [5.74, 6) is 1.29. The van der Waals surface area contributed by atoms with E-state index in [0.717, 1.165) is 5.56 Å². The molecule has 5 heteroatoms. The number of aromatic nitrogens is 2. The summed E-state index contributed by atoms with van der Waals surface area (Å²) in [5, 5.41) is 2.22. The Morgan fingerprint density at radius 2 is 1.82 bits per heavy atom. The van der Waals surface area contributed by atoms with Gasteiger partial charge in [0, 0.05) is 25.7 Å². The van der Waals surface area contributed by atoms with E-state index in [0.29, 0.717) is 16.8 Å². The highest BCUT2D eigenvalue weighted by molar-refractivity contribution is 6.29. The predicted molar refractivity (Wildman–Crippen MR) is 69.8 cm³/mol. The lowest BCUT2D eigenvalue weighted by atomic mass is 10.2. The van der Waals surface area contributed by atoms with Crippen molar-refractivity contribution in [3.05, 3.63) is 41.6 Å². The molecule has 0 aliphatic carbocycles. The second kappa shape index (κ2) is 5.12. The SMILES string of the molecule is CN(C)Nc1cc(Cl)nc(-c2ccccc2)n1. The first-order chi connectivity index (χ1) is 8.15. The van der Waals surface area contributed by atoms with Crippen molar-refractivity contribution in [2.45, 2.75) is 0 Å². The van der Waals surface area contributed by atoms with E-state index in [1.165, 1.54) is 0 Å². The number of benzene rings is 1. The molecule has 0 unspecified atom stereocenters. The Bertz CT molecular complexity index is 499. The summed E-state index contributed by atoms with van der Waals surface area (Å²) in [6.45, 7) is 0. The van der Waals surface area contributed by atoms with Gasteiger partial charge < -0.3 is 5.43 Å². The number of nitrogens with zero attached hydrogens (tertiary/aromatic N) is 3. The minimum absolute atomic E-state index is 0.420. The third-order valence-electron chi connectivity index (χ3n) is 2.07. The van der Waals surface area contributed by atoms with Gasteiger partial charge in [-0.05, 0) is 0 Å². The highest BCUT2D eigenvalue weighted by Gasteiger charge is 2.05. The van der Waals surface area contributed by atoms with E-state index < -0.39 is 0 Å². The van der Waals surface area contributed by atoms with Crippen LogP contribution in [0.25, 0.3) is 11.4 Å². The van der Waals surface area contributed by atoms with Gasteiger partial charge in [0.25, 0.3) is 0 Å². The molecule has 0 fully saturated rings. The molecule has 0 radical (unpaired) electrons. The molecule has 0 spiro atoms. The molecule has 1 heterocycles. The Hall–Kier alpha value is -1.65. The Morgan fingerprint density at radius 1 is 1.12 bits per heavy atom. The standard InChI is InChI=1S/C12H13ClN4/c1-17(2)16-11-8-10(13)14-12(15-11)9-6-4-3-5-7-9/h3-8H,1-2H3,(H,14,15,16). The van der Waals surface area contributed by atoms with Gasteiger partial charge in [-0.2, -0.15) is 0 Å². The average molecular weight is 249 g/mol. The maximum Gasteiger partial charge on any atom is 0.163 e. The Labute approximate surface area is 105 Å². The smallest absolute Gasteiger partial charge is 0.163 e. The van der Waals surface area contributed by atoms with Crippen molar-refractivity contribution in [1.29, 1.82) is 0 Å². The van der Waals surface area contributed by atoms with Gasteiger partial charge in [-0.1, -0.05) is 41.9 Å². The third-order valence-corrected chi connectivity index (χ3v) is 2.26. The largest absolute Gasteiger partial charge is 0.303 e. The Kier molecular flexibility index (Phi) is 3.56. The van der Waals surface area contributed by atoms with E-state index >= 15 is 0 Å². The van der Waals surface area contributed by atoms with Crippen molar-refractivity contribution >= 4 is 17.4 Å². The summed E-state index contributed by atoms with van der Waals surface area (Å²) in [5.41, 5.74) is 3.99. The maximum atomic E-state index is 5.97. The topological polar surface area (TPSA) is 41.0 Å². The minimum Gasteiger partial charge on any atom is -0.303 e. The molecule has 4 nitrogen and oxygen atoms in total. The van der Waals surface area contributed by atoms with Crippen LogP contribution < -0.4 is 5.43 Å². The van der Waals surface area contributed by atoms with Crippen molar-refractivity contribution in [3.8, 4) is 11.4 Å². The predicted octanol–water partition coefficient (Wildman–Crippen LogP) is 2.69. The molecule has 2 rings (SSSR count). The number of anilines is 1. The summed E-state index contributed by atoms with van der Waals surface area (Å²) in [6, 6.07) is 11.4. The van der Waals surface area contributed by atoms with Crippen molar-refractivity contribution in [1.82, 2.24) is 15.0 Å². The van der Waals surface area contributed by atoms with Gasteiger partial charge in [-0.15, -0.1) is 0 Å². The number of nitrogens with one attached hydrogen (secondary N) is 1. The van der Waals surface area contributed by atoms with Gasteiger partial charge in [0.15, 0.2) is 5.82 Å². The molecule has 0 saturated carbocycles. The lowest BCUT2D eigenvalue weighted by Gasteiger charge is -2.13. The molecule has 0 bridgehead atoms. The number of hydrazine groups is 1. The third kappa shape index (κ3) is 3.15. The zero-order chi connectivity index (χ0) is 12.3. The Morgan fingerprint density at radius 3 is 2.47 bits per heavy atom. The highest BCUT2D eigenvalue weighted by atomic mass is 35.5. The molecule has 1 aromatic carbocycles. The highest BCUT2D eigenvalue weighted by Crippen LogP contribution is 2.19. The van der Waals surface area contributed by atoms with E-state index in [-0.39, 0.29) is 0 Å². The molecule has 0 atom stereocenters. The fraction of sp³-hybridized carbons (Fsp3) is 0.167. The summed E-state index contributed by atoms with van der Waals surface area (Å²) in [7, 11) is 3.77. The molecule has 17 heavy (non-hydrogen) atoms. The molecule has 0 aliphatic rings. The molecular formula is C12H13ClN4. The molecular weight excluding hydrogens is 236 g/mol. The molecule has 0 saturated heterocycles. The average Bonchev–Trinajstić information content (AvgIpc) is 2.28. The molecule has 1 aromatic heterocycles. The molecule has 2 aromatic rings. The monoisotopic (exact) mass is 248 g/mol. The van der Waals surface area contributed by atoms with Crippen LogP contribution in [0.4, 0.5) is 5.82 Å². The van der Waals surface area contributed by atoms with Crippen LogP contribution in [0.3, 0.4) is 0 Å². The van der Waals surface area contributed by atoms with Gasteiger partial charge >= 0.3 is 0 Å². The fourth-order valence-corrected chi connectivity index (χ4v) is 1.60. The zero-order valence-corrected chi connectivity index (χ0v) is 10.4. The van der Waals surface area contributed by atoms with E-state index in [4.69, 9.17) is 11.6 Å². The first kappa shape index (κ1) is 11.8. The number of halogens is 1. The first-order valence-electron chi connectivity index (χ1n) is 5.19. The summed E-state index contributed by atoms with van der Waals surface area (Å²) >= 11 is 5.97. The van der Waals surface area contributed by atoms with Crippen molar-refractivity contribution in [2.24, 2.45) is 0 Å². The van der Waals surface area contributed by atoms with E-state index in [1.807, 2.05) is 44.4 Å². The van der Waals surface area contributed by atoms with Gasteiger partial charge in [0.1, 0.15) is 11.0 Å². The van der Waals surface area contributed by atoms with E-state index in [1.54, 1.807) is 11.1 Å². The van der Waals surface area contributed by atoms with Crippen LogP contribution in [-0.2, 0) is 0 Å². The molecule has 1 N–H and O–H groups in total. The summed E-state index contributed by atoms with van der Waals surface area (Å²) < 4.78 is 0. The van der Waals surface area contributed by atoms with Gasteiger partial charge in [-0.25, -0.2) is 15.0 Å². The van der Waals surface area contributed by atoms with Crippen molar-refractivity contribution < 1.29 is 0 Å². The van der Waals surface area contributed by atoms with Crippen molar-refractivity contribution in [2.75, 3.05) is 19.5 Å². The van der Waals surface area contributed by atoms with Crippen LogP contribution in [0, 0.1) is 0 Å². The number of rotatable bonds is 3. The lowest BCUT2D eigenvalue weighted by molar-refractivity contribution is 0.492. The van der Waals surface area contributed by atoms with E-state index in [9.17, 15) is 0 Å². The molecule has 88 valence electrons. The van der Waals surface area contributed by atoms with E-state index in [2.05, 4.69) is 15.4 Å². The second-order valence-corrected chi connectivity index (χ2v) is 4.16. The van der Waals surface area contributed by atoms with Crippen LogP contribution in [0.1, 0.15) is 0 Å². The second-order valence-electron chi connectivity index (χ2n) is 3.77. The minimum atomic E-state index is 0.420. The van der Waals surface area contributed by atoms with Crippen LogP contribution >= 0.6 is 11.6 Å². The van der Waals surface area contributed by atoms with Crippen LogP contribution in [0.5, 0.6) is 0 Å². The normalized spacial score (nSPS) is 10.6. The van der Waals surface area contributed by atoms with Gasteiger partial charge in [-0.3, -0.25) is 0 Å². The molecule has 0 aliphatic heterocycles. The van der Waals surface area contributed by atoms with Crippen LogP contribution in [0.15, 0.2) is 36.4 Å².